The van der Waals surface area contributed by atoms with Crippen molar-refractivity contribution in [3.63, 3.8) is 0 Å². The molecule has 1 unspecified atom stereocenters. The second kappa shape index (κ2) is 4.80. The highest BCUT2D eigenvalue weighted by molar-refractivity contribution is 7.05. The van der Waals surface area contributed by atoms with Gasteiger partial charge in [0.05, 0.1) is 10.6 Å². The maximum atomic E-state index is 4.08. The zero-order valence-corrected chi connectivity index (χ0v) is 11.3. The van der Waals surface area contributed by atoms with Crippen molar-refractivity contribution in [2.45, 2.75) is 46.6 Å². The smallest absolute Gasteiger partial charge is 0.0769 e. The number of hydrogen-bond donors (Lipinski definition) is 0. The standard InChI is InChI=1S/C12H21N3S/c1-4-12(3)6-5-7-15(9-12)8-11-10(2)13-14-16-11/h4-9H2,1-3H3. The number of aryl methyl sites for hydroxylation is 1. The van der Waals surface area contributed by atoms with Crippen LogP contribution >= 0.6 is 11.5 Å². The van der Waals surface area contributed by atoms with Gasteiger partial charge < -0.3 is 0 Å². The van der Waals surface area contributed by atoms with Crippen LogP contribution in [0.3, 0.4) is 0 Å². The van der Waals surface area contributed by atoms with E-state index in [0.717, 1.165) is 12.2 Å². The van der Waals surface area contributed by atoms with E-state index in [1.165, 1.54) is 37.2 Å². The van der Waals surface area contributed by atoms with E-state index >= 15 is 0 Å². The fourth-order valence-corrected chi connectivity index (χ4v) is 3.13. The summed E-state index contributed by atoms with van der Waals surface area (Å²) in [4.78, 5) is 3.90. The van der Waals surface area contributed by atoms with Crippen molar-refractivity contribution in [3.8, 4) is 0 Å². The zero-order chi connectivity index (χ0) is 11.6. The van der Waals surface area contributed by atoms with Gasteiger partial charge in [-0.25, -0.2) is 0 Å². The summed E-state index contributed by atoms with van der Waals surface area (Å²) in [7, 11) is 0. The predicted octanol–water partition coefficient (Wildman–Crippen LogP) is 2.86. The van der Waals surface area contributed by atoms with Gasteiger partial charge in [-0.2, -0.15) is 0 Å². The molecule has 1 aromatic heterocycles. The molecule has 1 atom stereocenters. The van der Waals surface area contributed by atoms with Crippen LogP contribution in [0.5, 0.6) is 0 Å². The van der Waals surface area contributed by atoms with E-state index < -0.39 is 0 Å². The molecular weight excluding hydrogens is 218 g/mol. The average Bonchev–Trinajstić information content (AvgIpc) is 2.65. The average molecular weight is 239 g/mol. The van der Waals surface area contributed by atoms with Crippen molar-refractivity contribution >= 4 is 11.5 Å². The molecular formula is C12H21N3S. The third-order valence-electron chi connectivity index (χ3n) is 3.83. The lowest BCUT2D eigenvalue weighted by Gasteiger charge is -2.39. The van der Waals surface area contributed by atoms with Gasteiger partial charge in [0.2, 0.25) is 0 Å². The number of aromatic nitrogens is 2. The van der Waals surface area contributed by atoms with Gasteiger partial charge in [0, 0.05) is 13.1 Å². The molecule has 16 heavy (non-hydrogen) atoms. The Morgan fingerprint density at radius 1 is 1.50 bits per heavy atom. The van der Waals surface area contributed by atoms with Crippen LogP contribution in [-0.2, 0) is 6.54 Å². The van der Waals surface area contributed by atoms with Gasteiger partial charge in [-0.05, 0) is 49.7 Å². The number of rotatable bonds is 3. The van der Waals surface area contributed by atoms with E-state index in [9.17, 15) is 0 Å². The minimum absolute atomic E-state index is 0.518. The van der Waals surface area contributed by atoms with Crippen LogP contribution in [0, 0.1) is 12.3 Å². The Hall–Kier alpha value is -0.480. The van der Waals surface area contributed by atoms with Gasteiger partial charge in [-0.15, -0.1) is 5.10 Å². The topological polar surface area (TPSA) is 29.0 Å². The van der Waals surface area contributed by atoms with Crippen LogP contribution in [0.25, 0.3) is 0 Å². The van der Waals surface area contributed by atoms with Gasteiger partial charge in [0.25, 0.3) is 0 Å². The van der Waals surface area contributed by atoms with Crippen molar-refractivity contribution in [2.24, 2.45) is 5.41 Å². The van der Waals surface area contributed by atoms with Crippen molar-refractivity contribution in [1.29, 1.82) is 0 Å². The highest BCUT2D eigenvalue weighted by Gasteiger charge is 2.29. The van der Waals surface area contributed by atoms with Crippen molar-refractivity contribution in [3.05, 3.63) is 10.6 Å². The number of likely N-dealkylation sites (tertiary alicyclic amines) is 1. The van der Waals surface area contributed by atoms with Crippen LogP contribution in [0.2, 0.25) is 0 Å². The molecule has 1 saturated heterocycles. The Morgan fingerprint density at radius 2 is 2.31 bits per heavy atom. The molecule has 0 radical (unpaired) electrons. The lowest BCUT2D eigenvalue weighted by molar-refractivity contribution is 0.0943. The molecule has 3 nitrogen and oxygen atoms in total. The van der Waals surface area contributed by atoms with Crippen molar-refractivity contribution in [1.82, 2.24) is 14.5 Å². The van der Waals surface area contributed by atoms with Crippen LogP contribution in [0.15, 0.2) is 0 Å². The van der Waals surface area contributed by atoms with E-state index in [1.54, 1.807) is 11.5 Å². The molecule has 4 heteroatoms. The molecule has 2 heterocycles. The molecule has 0 aromatic carbocycles. The highest BCUT2D eigenvalue weighted by Crippen LogP contribution is 2.33. The molecule has 0 bridgehead atoms. The summed E-state index contributed by atoms with van der Waals surface area (Å²) in [5, 5.41) is 4.08. The lowest BCUT2D eigenvalue weighted by Crippen LogP contribution is -2.40. The van der Waals surface area contributed by atoms with Crippen LogP contribution in [-0.4, -0.2) is 27.6 Å². The SMILES string of the molecule is CCC1(C)CCCN(Cc2snnc2C)C1. The van der Waals surface area contributed by atoms with Gasteiger partial charge in [-0.1, -0.05) is 18.3 Å². The molecule has 2 rings (SSSR count). The van der Waals surface area contributed by atoms with E-state index in [0.29, 0.717) is 5.41 Å². The molecule has 1 aromatic rings. The van der Waals surface area contributed by atoms with Crippen molar-refractivity contribution in [2.75, 3.05) is 13.1 Å². The molecule has 1 aliphatic rings. The summed E-state index contributed by atoms with van der Waals surface area (Å²) >= 11 is 1.55. The van der Waals surface area contributed by atoms with E-state index in [2.05, 4.69) is 35.3 Å². The second-order valence-electron chi connectivity index (χ2n) is 5.26. The Morgan fingerprint density at radius 3 is 2.94 bits per heavy atom. The normalized spacial score (nSPS) is 27.2. The summed E-state index contributed by atoms with van der Waals surface area (Å²) < 4.78 is 4.01. The fourth-order valence-electron chi connectivity index (χ4n) is 2.45. The number of hydrogen-bond acceptors (Lipinski definition) is 4. The first-order valence-corrected chi connectivity index (χ1v) is 6.90. The van der Waals surface area contributed by atoms with E-state index in [4.69, 9.17) is 0 Å². The molecule has 1 fully saturated rings. The van der Waals surface area contributed by atoms with Crippen LogP contribution < -0.4 is 0 Å². The lowest BCUT2D eigenvalue weighted by atomic mass is 9.80. The molecule has 90 valence electrons. The van der Waals surface area contributed by atoms with Gasteiger partial charge in [0.15, 0.2) is 0 Å². The van der Waals surface area contributed by atoms with E-state index in [1.807, 2.05) is 0 Å². The van der Waals surface area contributed by atoms with Gasteiger partial charge >= 0.3 is 0 Å². The largest absolute Gasteiger partial charge is 0.298 e. The Balaban J connectivity index is 1.98. The van der Waals surface area contributed by atoms with Crippen LogP contribution in [0.4, 0.5) is 0 Å². The summed E-state index contributed by atoms with van der Waals surface area (Å²) in [5.74, 6) is 0. The summed E-state index contributed by atoms with van der Waals surface area (Å²) in [6, 6.07) is 0. The summed E-state index contributed by atoms with van der Waals surface area (Å²) in [6.07, 6.45) is 3.99. The molecule has 0 spiro atoms. The Labute approximate surface area is 102 Å². The predicted molar refractivity (Wildman–Crippen MR) is 67.6 cm³/mol. The zero-order valence-electron chi connectivity index (χ0n) is 10.5. The molecule has 0 aliphatic carbocycles. The Bertz CT molecular complexity index is 350. The quantitative estimate of drug-likeness (QED) is 0.812. The van der Waals surface area contributed by atoms with Gasteiger partial charge in [-0.3, -0.25) is 4.90 Å². The van der Waals surface area contributed by atoms with Gasteiger partial charge in [0.1, 0.15) is 0 Å². The molecule has 0 N–H and O–H groups in total. The fraction of sp³-hybridized carbons (Fsp3) is 0.833. The first-order chi connectivity index (χ1) is 7.63. The highest BCUT2D eigenvalue weighted by atomic mass is 32.1. The third-order valence-corrected chi connectivity index (χ3v) is 4.63. The summed E-state index contributed by atoms with van der Waals surface area (Å²) in [6.45, 7) is 10.3. The molecule has 0 saturated carbocycles. The van der Waals surface area contributed by atoms with E-state index in [-0.39, 0.29) is 0 Å². The van der Waals surface area contributed by atoms with Crippen LogP contribution in [0.1, 0.15) is 43.7 Å². The first-order valence-electron chi connectivity index (χ1n) is 6.13. The maximum absolute atomic E-state index is 4.08. The van der Waals surface area contributed by atoms with Crippen molar-refractivity contribution < 1.29 is 0 Å². The second-order valence-corrected chi connectivity index (χ2v) is 6.10. The molecule has 1 aliphatic heterocycles. The number of nitrogens with zero attached hydrogens (tertiary/aromatic N) is 3. The summed E-state index contributed by atoms with van der Waals surface area (Å²) in [5.41, 5.74) is 1.62. The third kappa shape index (κ3) is 2.61. The maximum Gasteiger partial charge on any atom is 0.0769 e. The number of piperidine rings is 1. The Kier molecular flexibility index (Phi) is 3.60. The molecule has 0 amide bonds. The minimum Gasteiger partial charge on any atom is -0.298 e. The first kappa shape index (κ1) is 12.0. The minimum atomic E-state index is 0.518. The monoisotopic (exact) mass is 239 g/mol.